The first kappa shape index (κ1) is 37.7. The van der Waals surface area contributed by atoms with Gasteiger partial charge in [0.25, 0.3) is 0 Å². The van der Waals surface area contributed by atoms with Crippen molar-refractivity contribution in [2.75, 3.05) is 26.7 Å². The Morgan fingerprint density at radius 1 is 0.811 bits per heavy atom. The highest BCUT2D eigenvalue weighted by Crippen LogP contribution is 2.43. The number of hydrogen-bond donors (Lipinski definition) is 3. The maximum absolute atomic E-state index is 12.3. The summed E-state index contributed by atoms with van der Waals surface area (Å²) in [5, 5.41) is 17.5. The number of esters is 1. The van der Waals surface area contributed by atoms with Gasteiger partial charge in [-0.1, -0.05) is 104 Å². The molecule has 0 aliphatic carbocycles. The van der Waals surface area contributed by atoms with E-state index in [2.05, 4.69) is 91.0 Å². The molecule has 1 saturated heterocycles. The number of ether oxygens (including phenoxy) is 3. The standard InChI is InChI=1S/C44H49N3O6/c1-5-51-41(49)26-46-44(50)45-25-32-10-8-13-36(22-32)38-14-9-15-39(24-38)43-52-40(29(2)42(53-43)34-18-16-31(28-48)17-19-34)27-47(4)30(3)35-21-20-33-11-6-7-12-37(33)23-35/h6-24,29-30,40,42-43,48H,5,25-28H2,1-4H3,(H2,45,46,50)/t29-,30-,40+,42+,43+/m1/s1. The Balaban J connectivity index is 1.20. The highest BCUT2D eigenvalue weighted by atomic mass is 16.7. The first-order valence-electron chi connectivity index (χ1n) is 18.3. The molecule has 3 N–H and O–H groups in total. The Kier molecular flexibility index (Phi) is 12.5. The van der Waals surface area contributed by atoms with Gasteiger partial charge in [0.05, 0.1) is 25.4 Å². The van der Waals surface area contributed by atoms with Crippen LogP contribution in [0.15, 0.2) is 115 Å². The van der Waals surface area contributed by atoms with Crippen LogP contribution in [0, 0.1) is 5.92 Å². The van der Waals surface area contributed by atoms with Gasteiger partial charge in [0.1, 0.15) is 6.54 Å². The van der Waals surface area contributed by atoms with Crippen molar-refractivity contribution in [3.8, 4) is 11.1 Å². The number of aliphatic hydroxyl groups excluding tert-OH is 1. The highest BCUT2D eigenvalue weighted by molar-refractivity contribution is 5.83. The van der Waals surface area contributed by atoms with Gasteiger partial charge in [-0.2, -0.15) is 0 Å². The zero-order valence-corrected chi connectivity index (χ0v) is 30.8. The van der Waals surface area contributed by atoms with E-state index >= 15 is 0 Å². The lowest BCUT2D eigenvalue weighted by Gasteiger charge is -2.43. The number of hydrogen-bond acceptors (Lipinski definition) is 7. The molecule has 1 heterocycles. The average molecular weight is 716 g/mol. The molecular formula is C44H49N3O6. The summed E-state index contributed by atoms with van der Waals surface area (Å²) in [5.74, 6) is -0.441. The van der Waals surface area contributed by atoms with E-state index in [0.717, 1.165) is 33.4 Å². The van der Waals surface area contributed by atoms with Crippen molar-refractivity contribution in [3.05, 3.63) is 143 Å². The Morgan fingerprint density at radius 3 is 2.30 bits per heavy atom. The zero-order chi connectivity index (χ0) is 37.3. The van der Waals surface area contributed by atoms with Gasteiger partial charge in [0.2, 0.25) is 0 Å². The number of carbonyl (C=O) groups excluding carboxylic acids is 2. The third-order valence-electron chi connectivity index (χ3n) is 10.1. The van der Waals surface area contributed by atoms with Crippen LogP contribution in [-0.4, -0.2) is 54.9 Å². The lowest BCUT2D eigenvalue weighted by molar-refractivity contribution is -0.276. The van der Waals surface area contributed by atoms with E-state index in [9.17, 15) is 14.7 Å². The van der Waals surface area contributed by atoms with Crippen LogP contribution in [0.25, 0.3) is 21.9 Å². The van der Waals surface area contributed by atoms with Gasteiger partial charge in [0.15, 0.2) is 6.29 Å². The SMILES string of the molecule is CCOC(=O)CNC(=O)NCc1cccc(-c2cccc([C@H]3O[C@@H](CN(C)[C@H](C)c4ccc5ccccc5c4)[C@@H](C)[C@@H](c4ccc(CO)cc4)O3)c2)c1. The minimum Gasteiger partial charge on any atom is -0.465 e. The molecule has 0 spiro atoms. The van der Waals surface area contributed by atoms with Crippen LogP contribution in [0.2, 0.25) is 0 Å². The Hall–Kier alpha value is -5.06. The molecule has 9 nitrogen and oxygen atoms in total. The van der Waals surface area contributed by atoms with Gasteiger partial charge in [-0.25, -0.2) is 4.79 Å². The molecule has 0 bridgehead atoms. The van der Waals surface area contributed by atoms with E-state index in [4.69, 9.17) is 14.2 Å². The summed E-state index contributed by atoms with van der Waals surface area (Å²) in [6.07, 6.45) is -0.989. The summed E-state index contributed by atoms with van der Waals surface area (Å²) in [5.41, 5.74) is 6.94. The van der Waals surface area contributed by atoms with Crippen LogP contribution >= 0.6 is 0 Å². The first-order valence-corrected chi connectivity index (χ1v) is 18.3. The predicted molar refractivity (Wildman–Crippen MR) is 207 cm³/mol. The summed E-state index contributed by atoms with van der Waals surface area (Å²) in [6, 6.07) is 39.0. The third kappa shape index (κ3) is 9.49. The number of benzene rings is 5. The second-order valence-electron chi connectivity index (χ2n) is 13.7. The van der Waals surface area contributed by atoms with E-state index in [-0.39, 0.29) is 43.9 Å². The lowest BCUT2D eigenvalue weighted by atomic mass is 9.89. The van der Waals surface area contributed by atoms with Crippen molar-refractivity contribution in [2.24, 2.45) is 5.92 Å². The Morgan fingerprint density at radius 2 is 1.55 bits per heavy atom. The van der Waals surface area contributed by atoms with Crippen LogP contribution in [0.4, 0.5) is 4.79 Å². The van der Waals surface area contributed by atoms with E-state index in [1.165, 1.54) is 16.3 Å². The fraction of sp³-hybridized carbons (Fsp3) is 0.318. The van der Waals surface area contributed by atoms with Gasteiger partial charge < -0.3 is 30.0 Å². The topological polar surface area (TPSA) is 109 Å². The van der Waals surface area contributed by atoms with Gasteiger partial charge in [-0.3, -0.25) is 9.69 Å². The van der Waals surface area contributed by atoms with E-state index < -0.39 is 18.3 Å². The van der Waals surface area contributed by atoms with E-state index in [1.807, 2.05) is 60.7 Å². The maximum Gasteiger partial charge on any atom is 0.325 e. The van der Waals surface area contributed by atoms with Crippen molar-refractivity contribution < 1.29 is 28.9 Å². The fourth-order valence-corrected chi connectivity index (χ4v) is 6.83. The van der Waals surface area contributed by atoms with E-state index in [0.29, 0.717) is 13.1 Å². The van der Waals surface area contributed by atoms with Gasteiger partial charge in [0, 0.05) is 30.6 Å². The number of fused-ring (bicyclic) bond motifs is 1. The van der Waals surface area contributed by atoms with Gasteiger partial charge in [-0.15, -0.1) is 0 Å². The number of aliphatic hydroxyl groups is 1. The number of nitrogens with zero attached hydrogens (tertiary/aromatic N) is 1. The predicted octanol–water partition coefficient (Wildman–Crippen LogP) is 7.85. The summed E-state index contributed by atoms with van der Waals surface area (Å²) < 4.78 is 18.5. The molecule has 0 radical (unpaired) electrons. The number of carbonyl (C=O) groups is 2. The second-order valence-corrected chi connectivity index (χ2v) is 13.7. The molecule has 276 valence electrons. The molecule has 1 aliphatic rings. The Bertz CT molecular complexity index is 2000. The van der Waals surface area contributed by atoms with Crippen molar-refractivity contribution in [1.82, 2.24) is 15.5 Å². The number of rotatable bonds is 13. The fourth-order valence-electron chi connectivity index (χ4n) is 6.83. The van der Waals surface area contributed by atoms with Crippen LogP contribution in [-0.2, 0) is 32.2 Å². The molecule has 1 aliphatic heterocycles. The van der Waals surface area contributed by atoms with Gasteiger partial charge >= 0.3 is 12.0 Å². The quantitative estimate of drug-likeness (QED) is 0.107. The highest BCUT2D eigenvalue weighted by Gasteiger charge is 2.39. The number of nitrogens with one attached hydrogen (secondary N) is 2. The minimum absolute atomic E-state index is 0.0140. The van der Waals surface area contributed by atoms with Crippen LogP contribution in [0.1, 0.15) is 67.0 Å². The normalized spacial score (nSPS) is 19.1. The third-order valence-corrected chi connectivity index (χ3v) is 10.1. The Labute approximate surface area is 311 Å². The summed E-state index contributed by atoms with van der Waals surface area (Å²) in [4.78, 5) is 26.2. The maximum atomic E-state index is 12.3. The lowest BCUT2D eigenvalue weighted by Crippen LogP contribution is -2.44. The first-order chi connectivity index (χ1) is 25.7. The van der Waals surface area contributed by atoms with Crippen molar-refractivity contribution in [2.45, 2.75) is 58.5 Å². The molecular weight excluding hydrogens is 666 g/mol. The average Bonchev–Trinajstić information content (AvgIpc) is 3.19. The van der Waals surface area contributed by atoms with Crippen LogP contribution < -0.4 is 10.6 Å². The van der Waals surface area contributed by atoms with E-state index in [1.54, 1.807) is 6.92 Å². The summed E-state index contributed by atoms with van der Waals surface area (Å²) >= 11 is 0. The second kappa shape index (κ2) is 17.6. The molecule has 0 saturated carbocycles. The molecule has 0 unspecified atom stereocenters. The molecule has 6 rings (SSSR count). The number of amides is 2. The number of likely N-dealkylation sites (N-methyl/N-ethyl adjacent to an activating group) is 1. The monoisotopic (exact) mass is 715 g/mol. The van der Waals surface area contributed by atoms with Crippen molar-refractivity contribution in [1.29, 1.82) is 0 Å². The molecule has 1 fully saturated rings. The molecule has 5 aromatic carbocycles. The van der Waals surface area contributed by atoms with Crippen molar-refractivity contribution in [3.63, 3.8) is 0 Å². The molecule has 5 aromatic rings. The summed E-state index contributed by atoms with van der Waals surface area (Å²) in [7, 11) is 2.15. The van der Waals surface area contributed by atoms with Crippen LogP contribution in [0.3, 0.4) is 0 Å². The zero-order valence-electron chi connectivity index (χ0n) is 30.8. The number of urea groups is 1. The molecule has 9 heteroatoms. The molecule has 0 aromatic heterocycles. The smallest absolute Gasteiger partial charge is 0.325 e. The van der Waals surface area contributed by atoms with Crippen LogP contribution in [0.5, 0.6) is 0 Å². The molecule has 53 heavy (non-hydrogen) atoms. The molecule has 5 atom stereocenters. The van der Waals surface area contributed by atoms with Gasteiger partial charge in [-0.05, 0) is 83.2 Å². The van der Waals surface area contributed by atoms with Crippen molar-refractivity contribution >= 4 is 22.8 Å². The largest absolute Gasteiger partial charge is 0.465 e. The summed E-state index contributed by atoms with van der Waals surface area (Å²) in [6.45, 7) is 7.19. The minimum atomic E-state index is -0.615. The molecule has 2 amide bonds.